The van der Waals surface area contributed by atoms with E-state index in [0.29, 0.717) is 37.7 Å². The molecule has 1 unspecified atom stereocenters. The summed E-state index contributed by atoms with van der Waals surface area (Å²) < 4.78 is 4.93. The van der Waals surface area contributed by atoms with Crippen LogP contribution in [-0.2, 0) is 20.9 Å². The summed E-state index contributed by atoms with van der Waals surface area (Å²) in [4.78, 5) is 27.7. The topological polar surface area (TPSA) is 96.7 Å². The van der Waals surface area contributed by atoms with Gasteiger partial charge in [-0.2, -0.15) is 24.4 Å². The number of rotatable bonds is 17. The van der Waals surface area contributed by atoms with Crippen LogP contribution in [0.15, 0.2) is 42.5 Å². The van der Waals surface area contributed by atoms with E-state index in [2.05, 4.69) is 72.3 Å². The Balaban J connectivity index is 2.27. The number of carbonyl (C=O) groups excluding carboxylic acids is 2. The molecule has 37 heavy (non-hydrogen) atoms. The lowest BCUT2D eigenvalue weighted by Gasteiger charge is -2.32. The summed E-state index contributed by atoms with van der Waals surface area (Å²) in [7, 11) is 1.35. The molecule has 4 atom stereocenters. The van der Waals surface area contributed by atoms with Crippen LogP contribution in [0.1, 0.15) is 32.3 Å². The van der Waals surface area contributed by atoms with Gasteiger partial charge < -0.3 is 21.1 Å². The van der Waals surface area contributed by atoms with Crippen LogP contribution in [-0.4, -0.2) is 79.4 Å². The van der Waals surface area contributed by atoms with Crippen molar-refractivity contribution >= 4 is 47.0 Å². The molecular formula is C28H44N4O3S2. The van der Waals surface area contributed by atoms with Crippen molar-refractivity contribution in [3.05, 3.63) is 48.0 Å². The summed E-state index contributed by atoms with van der Waals surface area (Å²) in [6.07, 6.45) is 3.51. The first-order valence-electron chi connectivity index (χ1n) is 13.0. The Kier molecular flexibility index (Phi) is 14.4. The predicted octanol–water partition coefficient (Wildman–Crippen LogP) is 3.31. The van der Waals surface area contributed by atoms with Gasteiger partial charge in [-0.1, -0.05) is 62.7 Å². The third-order valence-corrected chi connectivity index (χ3v) is 7.85. The van der Waals surface area contributed by atoms with E-state index in [-0.39, 0.29) is 24.5 Å². The van der Waals surface area contributed by atoms with E-state index < -0.39 is 12.0 Å². The Labute approximate surface area is 232 Å². The normalized spacial score (nSPS) is 14.8. The maximum Gasteiger partial charge on any atom is 0.328 e. The number of hydrogen-bond acceptors (Lipinski definition) is 8. The van der Waals surface area contributed by atoms with Crippen LogP contribution in [0, 0.1) is 5.92 Å². The van der Waals surface area contributed by atoms with Gasteiger partial charge in [0.1, 0.15) is 6.04 Å². The van der Waals surface area contributed by atoms with Crippen LogP contribution >= 0.6 is 24.4 Å². The van der Waals surface area contributed by atoms with Crippen LogP contribution in [0.3, 0.4) is 0 Å². The zero-order chi connectivity index (χ0) is 27.2. The van der Waals surface area contributed by atoms with Crippen LogP contribution in [0.25, 0.3) is 10.8 Å². The molecule has 2 rings (SSSR count). The number of hydrogen-bond donors (Lipinski definition) is 4. The van der Waals surface area contributed by atoms with Gasteiger partial charge in [-0.25, -0.2) is 4.79 Å². The third-order valence-electron chi connectivity index (χ3n) is 6.74. The molecule has 0 saturated heterocycles. The maximum absolute atomic E-state index is 13.2. The van der Waals surface area contributed by atoms with Crippen molar-refractivity contribution in [2.45, 2.75) is 51.4 Å². The molecule has 7 nitrogen and oxygen atoms in total. The smallest absolute Gasteiger partial charge is 0.328 e. The summed E-state index contributed by atoms with van der Waals surface area (Å²) >= 11 is 5.95. The lowest BCUT2D eigenvalue weighted by atomic mass is 9.97. The molecule has 0 aliphatic rings. The molecule has 0 fully saturated rings. The molecule has 0 aliphatic carbocycles. The number of esters is 1. The summed E-state index contributed by atoms with van der Waals surface area (Å²) in [6, 6.07) is 14.0. The van der Waals surface area contributed by atoms with Crippen molar-refractivity contribution in [1.29, 1.82) is 0 Å². The fraction of sp³-hybridized carbons (Fsp3) is 0.571. The second kappa shape index (κ2) is 16.9. The lowest BCUT2D eigenvalue weighted by Crippen LogP contribution is -2.51. The molecule has 206 valence electrons. The number of nitrogens with one attached hydrogen (secondary N) is 2. The number of ether oxygens (including phenoxy) is 1. The van der Waals surface area contributed by atoms with E-state index >= 15 is 0 Å². The molecule has 0 aliphatic heterocycles. The van der Waals surface area contributed by atoms with Crippen LogP contribution in [0.5, 0.6) is 0 Å². The SMILES string of the molecule is CCC(C)[C@@H](CN(CC(=O)N[C@@H](CCSC)C(=O)OC)Cc1cccc2ccccc12)NC[C@@H](N)CS. The fourth-order valence-corrected chi connectivity index (χ4v) is 4.90. The lowest BCUT2D eigenvalue weighted by molar-refractivity contribution is -0.145. The summed E-state index contributed by atoms with van der Waals surface area (Å²) in [5, 5.41) is 8.88. The van der Waals surface area contributed by atoms with Gasteiger partial charge in [0.2, 0.25) is 5.91 Å². The number of amides is 1. The van der Waals surface area contributed by atoms with Crippen molar-refractivity contribution in [3.63, 3.8) is 0 Å². The molecule has 0 saturated carbocycles. The van der Waals surface area contributed by atoms with Crippen LogP contribution in [0.4, 0.5) is 0 Å². The number of nitrogens with zero attached hydrogens (tertiary/aromatic N) is 1. The second-order valence-corrected chi connectivity index (χ2v) is 10.9. The number of benzene rings is 2. The number of methoxy groups -OCH3 is 1. The first-order valence-corrected chi connectivity index (χ1v) is 15.0. The van der Waals surface area contributed by atoms with Crippen molar-refractivity contribution in [3.8, 4) is 0 Å². The van der Waals surface area contributed by atoms with Crippen molar-refractivity contribution in [2.24, 2.45) is 11.7 Å². The zero-order valence-corrected chi connectivity index (χ0v) is 24.3. The van der Waals surface area contributed by atoms with E-state index in [9.17, 15) is 9.59 Å². The van der Waals surface area contributed by atoms with E-state index in [1.165, 1.54) is 17.9 Å². The minimum absolute atomic E-state index is 0.0399. The van der Waals surface area contributed by atoms with Gasteiger partial charge in [0.25, 0.3) is 0 Å². The molecular weight excluding hydrogens is 504 g/mol. The monoisotopic (exact) mass is 548 g/mol. The Morgan fingerprint density at radius 2 is 1.92 bits per heavy atom. The number of carbonyl (C=O) groups is 2. The van der Waals surface area contributed by atoms with Gasteiger partial charge in [0.15, 0.2) is 0 Å². The number of thiol groups is 1. The molecule has 0 heterocycles. The minimum atomic E-state index is -0.652. The maximum atomic E-state index is 13.2. The average Bonchev–Trinajstić information content (AvgIpc) is 2.92. The van der Waals surface area contributed by atoms with Crippen molar-refractivity contribution < 1.29 is 14.3 Å². The Morgan fingerprint density at radius 1 is 1.19 bits per heavy atom. The van der Waals surface area contributed by atoms with Crippen LogP contribution in [0.2, 0.25) is 0 Å². The Bertz CT molecular complexity index is 972. The number of nitrogens with two attached hydrogens (primary N) is 1. The molecule has 0 bridgehead atoms. The molecule has 0 radical (unpaired) electrons. The van der Waals surface area contributed by atoms with Crippen molar-refractivity contribution in [1.82, 2.24) is 15.5 Å². The Morgan fingerprint density at radius 3 is 2.59 bits per heavy atom. The zero-order valence-electron chi connectivity index (χ0n) is 22.6. The van der Waals surface area contributed by atoms with Gasteiger partial charge in [-0.15, -0.1) is 0 Å². The molecule has 1 amide bonds. The van der Waals surface area contributed by atoms with Gasteiger partial charge in [0.05, 0.1) is 13.7 Å². The standard InChI is InChI=1S/C28H44N4O3S2/c1-5-20(2)26(30-15-23(29)19-36)17-32(16-22-11-8-10-21-9-6-7-12-24(21)22)18-27(33)31-25(13-14-37-4)28(34)35-3/h6-12,20,23,25-26,30,36H,5,13-19,29H2,1-4H3,(H,31,33)/t20?,23-,25+,26-/m1/s1. The summed E-state index contributed by atoms with van der Waals surface area (Å²) in [6.45, 7) is 6.49. The van der Waals surface area contributed by atoms with Crippen molar-refractivity contribution in [2.75, 3.05) is 44.5 Å². The van der Waals surface area contributed by atoms with E-state index in [1.807, 2.05) is 18.4 Å². The number of thioether (sulfide) groups is 1. The highest BCUT2D eigenvalue weighted by Crippen LogP contribution is 2.21. The first-order chi connectivity index (χ1) is 17.8. The van der Waals surface area contributed by atoms with Gasteiger partial charge in [-0.3, -0.25) is 9.69 Å². The molecule has 2 aromatic rings. The highest BCUT2D eigenvalue weighted by atomic mass is 32.2. The highest BCUT2D eigenvalue weighted by molar-refractivity contribution is 7.98. The summed E-state index contributed by atoms with van der Waals surface area (Å²) in [5.74, 6) is 1.14. The predicted molar refractivity (Wildman–Crippen MR) is 159 cm³/mol. The quantitative estimate of drug-likeness (QED) is 0.178. The van der Waals surface area contributed by atoms with Gasteiger partial charge >= 0.3 is 5.97 Å². The van der Waals surface area contributed by atoms with E-state index in [4.69, 9.17) is 10.5 Å². The average molecular weight is 549 g/mol. The highest BCUT2D eigenvalue weighted by Gasteiger charge is 2.25. The molecule has 0 aromatic heterocycles. The fourth-order valence-electron chi connectivity index (χ4n) is 4.30. The van der Waals surface area contributed by atoms with E-state index in [1.54, 1.807) is 11.8 Å². The second-order valence-electron chi connectivity index (χ2n) is 9.58. The molecule has 0 spiro atoms. The minimum Gasteiger partial charge on any atom is -0.467 e. The first kappa shape index (κ1) is 31.4. The molecule has 2 aromatic carbocycles. The largest absolute Gasteiger partial charge is 0.467 e. The third kappa shape index (κ3) is 10.5. The van der Waals surface area contributed by atoms with E-state index in [0.717, 1.165) is 17.7 Å². The molecule has 9 heteroatoms. The van der Waals surface area contributed by atoms with Crippen LogP contribution < -0.4 is 16.4 Å². The van der Waals surface area contributed by atoms with Gasteiger partial charge in [0, 0.05) is 37.5 Å². The van der Waals surface area contributed by atoms with Gasteiger partial charge in [-0.05, 0) is 40.7 Å². The Hall–Kier alpha value is -1.78. The number of fused-ring (bicyclic) bond motifs is 1. The molecule has 4 N–H and O–H groups in total. The summed E-state index contributed by atoms with van der Waals surface area (Å²) in [5.41, 5.74) is 7.29.